The minimum atomic E-state index is -0.787. The van der Waals surface area contributed by atoms with E-state index in [1.165, 1.54) is 17.4 Å². The molecule has 0 fully saturated rings. The Morgan fingerprint density at radius 1 is 1.07 bits per heavy atom. The van der Waals surface area contributed by atoms with Crippen LogP contribution in [0.2, 0.25) is 0 Å². The van der Waals surface area contributed by atoms with Crippen molar-refractivity contribution in [2.75, 3.05) is 4.90 Å². The fraction of sp³-hybridized carbons (Fsp3) is 0.111. The van der Waals surface area contributed by atoms with Crippen LogP contribution in [0.15, 0.2) is 65.4 Å². The highest BCUT2D eigenvalue weighted by Crippen LogP contribution is 2.30. The number of benzene rings is 1. The summed E-state index contributed by atoms with van der Waals surface area (Å²) < 4.78 is 5.37. The van der Waals surface area contributed by atoms with E-state index in [9.17, 15) is 25.0 Å². The Balaban J connectivity index is 2.12. The topological polar surface area (TPSA) is 133 Å². The Labute approximate surface area is 158 Å². The Kier molecular flexibility index (Phi) is 5.12. The van der Waals surface area contributed by atoms with Crippen molar-refractivity contribution in [1.82, 2.24) is 4.98 Å². The molecule has 0 N–H and O–H groups in total. The Bertz CT molecular complexity index is 988. The summed E-state index contributed by atoms with van der Waals surface area (Å²) in [5.41, 5.74) is -1.31. The normalized spacial score (nSPS) is 11.6. The lowest BCUT2D eigenvalue weighted by Crippen LogP contribution is -2.34. The Morgan fingerprint density at radius 3 is 2.25 bits per heavy atom. The summed E-state index contributed by atoms with van der Waals surface area (Å²) in [5, 5.41) is 22.3. The second-order valence-corrected chi connectivity index (χ2v) is 5.81. The molecule has 0 aliphatic heterocycles. The number of anilines is 1. The fourth-order valence-corrected chi connectivity index (χ4v) is 2.70. The zero-order valence-electron chi connectivity index (χ0n) is 14.6. The molecule has 0 bridgehead atoms. The molecule has 0 unspecified atom stereocenters. The van der Waals surface area contributed by atoms with Crippen LogP contribution < -0.4 is 4.90 Å². The van der Waals surface area contributed by atoms with E-state index in [1.54, 1.807) is 37.3 Å². The van der Waals surface area contributed by atoms with Crippen LogP contribution in [0.25, 0.3) is 0 Å². The molecule has 1 amide bonds. The monoisotopic (exact) mass is 382 g/mol. The number of hydrogen-bond donors (Lipinski definition) is 0. The van der Waals surface area contributed by atoms with Gasteiger partial charge >= 0.3 is 0 Å². The van der Waals surface area contributed by atoms with E-state index in [-0.39, 0.29) is 11.4 Å². The number of carbonyl (C=O) groups excluding carboxylic acids is 1. The summed E-state index contributed by atoms with van der Waals surface area (Å²) in [6, 6.07) is 10.4. The van der Waals surface area contributed by atoms with E-state index in [1.807, 2.05) is 0 Å². The molecule has 1 atom stereocenters. The number of carbonyl (C=O) groups is 1. The molecule has 1 aromatic carbocycles. The number of nitro groups is 2. The largest absolute Gasteiger partial charge is 0.467 e. The van der Waals surface area contributed by atoms with Crippen LogP contribution in [-0.2, 0) is 0 Å². The lowest BCUT2D eigenvalue weighted by molar-refractivity contribution is -0.394. The lowest BCUT2D eigenvalue weighted by Gasteiger charge is -2.27. The van der Waals surface area contributed by atoms with Crippen LogP contribution in [0.1, 0.15) is 29.1 Å². The average molecular weight is 382 g/mol. The van der Waals surface area contributed by atoms with E-state index < -0.39 is 33.2 Å². The zero-order valence-corrected chi connectivity index (χ0v) is 14.6. The van der Waals surface area contributed by atoms with Gasteiger partial charge in [-0.15, -0.1) is 0 Å². The number of amides is 1. The number of rotatable bonds is 6. The predicted octanol–water partition coefficient (Wildman–Crippen LogP) is 3.90. The number of non-ortho nitro benzene ring substituents is 2. The molecule has 2 heterocycles. The molecule has 0 saturated carbocycles. The van der Waals surface area contributed by atoms with Crippen molar-refractivity contribution in [3.63, 3.8) is 0 Å². The van der Waals surface area contributed by atoms with Gasteiger partial charge in [0.1, 0.15) is 11.6 Å². The van der Waals surface area contributed by atoms with Gasteiger partial charge in [0, 0.05) is 18.3 Å². The number of aromatic nitrogens is 1. The van der Waals surface area contributed by atoms with Crippen LogP contribution in [-0.4, -0.2) is 20.7 Å². The highest BCUT2D eigenvalue weighted by molar-refractivity contribution is 6.06. The quantitative estimate of drug-likeness (QED) is 0.466. The van der Waals surface area contributed by atoms with E-state index >= 15 is 0 Å². The maximum atomic E-state index is 13.2. The number of hydrogen-bond acceptors (Lipinski definition) is 7. The molecule has 0 saturated heterocycles. The molecule has 0 aliphatic rings. The van der Waals surface area contributed by atoms with Crippen molar-refractivity contribution >= 4 is 23.1 Å². The van der Waals surface area contributed by atoms with E-state index in [4.69, 9.17) is 4.42 Å². The first kappa shape index (κ1) is 18.7. The number of furan rings is 1. The molecule has 0 aliphatic carbocycles. The van der Waals surface area contributed by atoms with Gasteiger partial charge in [-0.1, -0.05) is 6.07 Å². The first-order valence-electron chi connectivity index (χ1n) is 8.10. The van der Waals surface area contributed by atoms with Crippen LogP contribution in [0.3, 0.4) is 0 Å². The van der Waals surface area contributed by atoms with Crippen molar-refractivity contribution in [3.05, 3.63) is 92.5 Å². The third-order valence-electron chi connectivity index (χ3n) is 4.03. The molecule has 10 heteroatoms. The summed E-state index contributed by atoms with van der Waals surface area (Å²) in [7, 11) is 0. The van der Waals surface area contributed by atoms with Crippen LogP contribution in [0, 0.1) is 20.2 Å². The van der Waals surface area contributed by atoms with Crippen molar-refractivity contribution in [3.8, 4) is 0 Å². The molecule has 28 heavy (non-hydrogen) atoms. The molecule has 142 valence electrons. The standard InChI is InChI=1S/C18H14N4O6/c1-12(16-5-4-8-28-16)20(17-6-2-3-7-19-17)18(23)13-9-14(21(24)25)11-15(10-13)22(26)27/h2-12H,1H3/t12-/m0/s1. The van der Waals surface area contributed by atoms with Crippen LogP contribution in [0.4, 0.5) is 17.2 Å². The third kappa shape index (κ3) is 3.70. The van der Waals surface area contributed by atoms with Gasteiger partial charge in [0.25, 0.3) is 17.3 Å². The number of nitro benzene ring substituents is 2. The summed E-state index contributed by atoms with van der Waals surface area (Å²) in [4.78, 5) is 39.4. The molecule has 0 radical (unpaired) electrons. The van der Waals surface area contributed by atoms with Gasteiger partial charge in [0.2, 0.25) is 0 Å². The van der Waals surface area contributed by atoms with Crippen LogP contribution in [0.5, 0.6) is 0 Å². The van der Waals surface area contributed by atoms with E-state index in [2.05, 4.69) is 4.98 Å². The lowest BCUT2D eigenvalue weighted by atomic mass is 10.1. The SMILES string of the molecule is C[C@@H](c1ccco1)N(C(=O)c1cc([N+](=O)[O-])cc([N+](=O)[O-])c1)c1ccccn1. The Hall–Kier alpha value is -4.08. The smallest absolute Gasteiger partial charge is 0.277 e. The van der Waals surface area contributed by atoms with E-state index in [0.29, 0.717) is 5.76 Å². The minimum absolute atomic E-state index is 0.204. The minimum Gasteiger partial charge on any atom is -0.467 e. The van der Waals surface area contributed by atoms with Gasteiger partial charge < -0.3 is 4.42 Å². The Morgan fingerprint density at radius 2 is 1.75 bits per heavy atom. The first-order chi connectivity index (χ1) is 13.4. The number of nitrogens with zero attached hydrogens (tertiary/aromatic N) is 4. The molecular weight excluding hydrogens is 368 g/mol. The van der Waals surface area contributed by atoms with Gasteiger partial charge in [-0.25, -0.2) is 4.98 Å². The molecule has 10 nitrogen and oxygen atoms in total. The second kappa shape index (κ2) is 7.66. The molecule has 3 aromatic rings. The summed E-state index contributed by atoms with van der Waals surface area (Å²) in [6.07, 6.45) is 2.94. The van der Waals surface area contributed by atoms with Gasteiger partial charge in [0.05, 0.1) is 33.8 Å². The van der Waals surface area contributed by atoms with Gasteiger partial charge in [0.15, 0.2) is 0 Å². The molecule has 2 aromatic heterocycles. The molecule has 0 spiro atoms. The second-order valence-electron chi connectivity index (χ2n) is 5.81. The fourth-order valence-electron chi connectivity index (χ4n) is 2.70. The molecular formula is C18H14N4O6. The third-order valence-corrected chi connectivity index (χ3v) is 4.03. The first-order valence-corrected chi connectivity index (χ1v) is 8.10. The highest BCUT2D eigenvalue weighted by Gasteiger charge is 2.29. The van der Waals surface area contributed by atoms with Gasteiger partial charge in [-0.2, -0.15) is 0 Å². The predicted molar refractivity (Wildman–Crippen MR) is 97.9 cm³/mol. The summed E-state index contributed by atoms with van der Waals surface area (Å²) in [5.74, 6) is 0.0406. The van der Waals surface area contributed by atoms with Crippen molar-refractivity contribution in [2.45, 2.75) is 13.0 Å². The number of pyridine rings is 1. The van der Waals surface area contributed by atoms with Crippen LogP contribution >= 0.6 is 0 Å². The maximum Gasteiger partial charge on any atom is 0.277 e. The van der Waals surface area contributed by atoms with Gasteiger partial charge in [-0.3, -0.25) is 29.9 Å². The van der Waals surface area contributed by atoms with E-state index in [0.717, 1.165) is 18.2 Å². The average Bonchev–Trinajstić information content (AvgIpc) is 3.23. The maximum absolute atomic E-state index is 13.2. The zero-order chi connectivity index (χ0) is 20.3. The summed E-state index contributed by atoms with van der Waals surface area (Å²) >= 11 is 0. The summed E-state index contributed by atoms with van der Waals surface area (Å²) in [6.45, 7) is 1.69. The van der Waals surface area contributed by atoms with Crippen molar-refractivity contribution < 1.29 is 19.1 Å². The highest BCUT2D eigenvalue weighted by atomic mass is 16.6. The van der Waals surface area contributed by atoms with Gasteiger partial charge in [-0.05, 0) is 31.2 Å². The molecule has 3 rings (SSSR count). The van der Waals surface area contributed by atoms with Crippen molar-refractivity contribution in [2.24, 2.45) is 0 Å². The van der Waals surface area contributed by atoms with Crippen molar-refractivity contribution in [1.29, 1.82) is 0 Å².